The highest BCUT2D eigenvalue weighted by Gasteiger charge is 2.29. The van der Waals surface area contributed by atoms with E-state index in [0.717, 1.165) is 6.07 Å². The molecule has 1 aliphatic heterocycles. The summed E-state index contributed by atoms with van der Waals surface area (Å²) in [6.45, 7) is 0.885. The Labute approximate surface area is 81.3 Å². The van der Waals surface area contributed by atoms with E-state index in [4.69, 9.17) is 5.73 Å². The van der Waals surface area contributed by atoms with Gasteiger partial charge in [-0.25, -0.2) is 8.78 Å². The SMILES string of the molecule is CN1Cc2c(F)cc(F)cc2C1CN. The molecular formula is C10H12F2N2. The maximum atomic E-state index is 13.3. The van der Waals surface area contributed by atoms with Crippen molar-refractivity contribution in [3.63, 3.8) is 0 Å². The van der Waals surface area contributed by atoms with Crippen LogP contribution in [-0.4, -0.2) is 18.5 Å². The van der Waals surface area contributed by atoms with Gasteiger partial charge in [-0.3, -0.25) is 4.90 Å². The van der Waals surface area contributed by atoms with Gasteiger partial charge >= 0.3 is 0 Å². The van der Waals surface area contributed by atoms with Crippen molar-refractivity contribution >= 4 is 0 Å². The van der Waals surface area contributed by atoms with Gasteiger partial charge in [-0.1, -0.05) is 0 Å². The van der Waals surface area contributed by atoms with E-state index in [1.165, 1.54) is 6.07 Å². The lowest BCUT2D eigenvalue weighted by molar-refractivity contribution is 0.273. The van der Waals surface area contributed by atoms with Gasteiger partial charge < -0.3 is 5.73 Å². The number of hydrogen-bond donors (Lipinski definition) is 1. The number of likely N-dealkylation sites (N-methyl/N-ethyl adjacent to an activating group) is 1. The zero-order valence-corrected chi connectivity index (χ0v) is 7.93. The summed E-state index contributed by atoms with van der Waals surface area (Å²) in [5, 5.41) is 0. The van der Waals surface area contributed by atoms with Crippen molar-refractivity contribution in [3.05, 3.63) is 34.9 Å². The molecular weight excluding hydrogens is 186 g/mol. The summed E-state index contributed by atoms with van der Waals surface area (Å²) >= 11 is 0. The second-order valence-corrected chi connectivity index (χ2v) is 3.62. The van der Waals surface area contributed by atoms with Crippen molar-refractivity contribution < 1.29 is 8.78 Å². The van der Waals surface area contributed by atoms with Gasteiger partial charge in [0.15, 0.2) is 0 Å². The third-order valence-electron chi connectivity index (χ3n) is 2.72. The summed E-state index contributed by atoms with van der Waals surface area (Å²) < 4.78 is 26.3. The van der Waals surface area contributed by atoms with E-state index in [2.05, 4.69) is 0 Å². The second kappa shape index (κ2) is 3.29. The highest BCUT2D eigenvalue weighted by Crippen LogP contribution is 2.33. The second-order valence-electron chi connectivity index (χ2n) is 3.62. The Hall–Kier alpha value is -1.00. The third-order valence-corrected chi connectivity index (χ3v) is 2.72. The summed E-state index contributed by atoms with van der Waals surface area (Å²) in [5.41, 5.74) is 6.81. The van der Waals surface area contributed by atoms with Crippen LogP contribution in [0.1, 0.15) is 17.2 Å². The Morgan fingerprint density at radius 1 is 1.50 bits per heavy atom. The molecule has 0 saturated heterocycles. The summed E-state index contributed by atoms with van der Waals surface area (Å²) in [6.07, 6.45) is 0. The minimum absolute atomic E-state index is 0.0600. The van der Waals surface area contributed by atoms with E-state index in [1.807, 2.05) is 11.9 Å². The number of benzene rings is 1. The molecule has 2 rings (SSSR count). The minimum Gasteiger partial charge on any atom is -0.329 e. The Kier molecular flexibility index (Phi) is 2.25. The largest absolute Gasteiger partial charge is 0.329 e. The molecule has 0 bridgehead atoms. The smallest absolute Gasteiger partial charge is 0.130 e. The highest BCUT2D eigenvalue weighted by molar-refractivity contribution is 5.36. The lowest BCUT2D eigenvalue weighted by Crippen LogP contribution is -2.23. The zero-order valence-electron chi connectivity index (χ0n) is 7.93. The fraction of sp³-hybridized carbons (Fsp3) is 0.400. The number of hydrogen-bond acceptors (Lipinski definition) is 2. The molecule has 4 heteroatoms. The Balaban J connectivity index is 2.53. The van der Waals surface area contributed by atoms with Crippen LogP contribution in [0.15, 0.2) is 12.1 Å². The average molecular weight is 198 g/mol. The van der Waals surface area contributed by atoms with Gasteiger partial charge in [-0.05, 0) is 18.7 Å². The van der Waals surface area contributed by atoms with Crippen LogP contribution < -0.4 is 5.73 Å². The Bertz CT molecular complexity index is 365. The number of rotatable bonds is 1. The van der Waals surface area contributed by atoms with Crippen molar-refractivity contribution in [1.82, 2.24) is 4.90 Å². The predicted octanol–water partition coefficient (Wildman–Crippen LogP) is 1.41. The monoisotopic (exact) mass is 198 g/mol. The molecule has 1 aliphatic rings. The van der Waals surface area contributed by atoms with Crippen LogP contribution in [-0.2, 0) is 6.54 Å². The normalized spacial score (nSPS) is 21.3. The van der Waals surface area contributed by atoms with E-state index in [0.29, 0.717) is 24.2 Å². The zero-order chi connectivity index (χ0) is 10.3. The third kappa shape index (κ3) is 1.31. The van der Waals surface area contributed by atoms with Crippen LogP contribution in [0, 0.1) is 11.6 Å². The molecule has 0 aromatic heterocycles. The molecule has 1 unspecified atom stereocenters. The molecule has 2 nitrogen and oxygen atoms in total. The number of halogens is 2. The van der Waals surface area contributed by atoms with E-state index >= 15 is 0 Å². The molecule has 0 saturated carbocycles. The van der Waals surface area contributed by atoms with Crippen molar-refractivity contribution in [2.24, 2.45) is 5.73 Å². The number of fused-ring (bicyclic) bond motifs is 1. The van der Waals surface area contributed by atoms with Crippen molar-refractivity contribution in [2.45, 2.75) is 12.6 Å². The fourth-order valence-electron chi connectivity index (χ4n) is 1.99. The van der Waals surface area contributed by atoms with Crippen molar-refractivity contribution in [2.75, 3.05) is 13.6 Å². The van der Waals surface area contributed by atoms with Crippen LogP contribution in [0.3, 0.4) is 0 Å². The predicted molar refractivity (Wildman–Crippen MR) is 49.6 cm³/mol. The van der Waals surface area contributed by atoms with E-state index in [9.17, 15) is 8.78 Å². The van der Waals surface area contributed by atoms with Gasteiger partial charge in [-0.2, -0.15) is 0 Å². The molecule has 76 valence electrons. The van der Waals surface area contributed by atoms with Gasteiger partial charge in [0, 0.05) is 30.8 Å². The van der Waals surface area contributed by atoms with Crippen molar-refractivity contribution in [1.29, 1.82) is 0 Å². The molecule has 1 atom stereocenters. The maximum Gasteiger partial charge on any atom is 0.130 e. The molecule has 0 aliphatic carbocycles. The molecule has 0 fully saturated rings. The minimum atomic E-state index is -0.532. The van der Waals surface area contributed by atoms with E-state index < -0.39 is 11.6 Å². The molecule has 14 heavy (non-hydrogen) atoms. The van der Waals surface area contributed by atoms with Gasteiger partial charge in [0.2, 0.25) is 0 Å². The summed E-state index contributed by atoms with van der Waals surface area (Å²) in [4.78, 5) is 1.92. The summed E-state index contributed by atoms with van der Waals surface area (Å²) in [5.74, 6) is -1.00. The Morgan fingerprint density at radius 2 is 2.21 bits per heavy atom. The average Bonchev–Trinajstić information content (AvgIpc) is 2.41. The molecule has 2 N–H and O–H groups in total. The molecule has 1 heterocycles. The van der Waals surface area contributed by atoms with Gasteiger partial charge in [0.05, 0.1) is 0 Å². The molecule has 1 aromatic rings. The lowest BCUT2D eigenvalue weighted by atomic mass is 10.0. The first-order chi connectivity index (χ1) is 6.63. The quantitative estimate of drug-likeness (QED) is 0.739. The summed E-state index contributed by atoms with van der Waals surface area (Å²) in [6, 6.07) is 2.24. The lowest BCUT2D eigenvalue weighted by Gasteiger charge is -2.17. The first kappa shape index (κ1) is 9.55. The van der Waals surface area contributed by atoms with E-state index in [-0.39, 0.29) is 6.04 Å². The highest BCUT2D eigenvalue weighted by atomic mass is 19.1. The van der Waals surface area contributed by atoms with Crippen LogP contribution in [0.2, 0.25) is 0 Å². The van der Waals surface area contributed by atoms with Crippen LogP contribution in [0.25, 0.3) is 0 Å². The number of nitrogens with zero attached hydrogens (tertiary/aromatic N) is 1. The standard InChI is InChI=1S/C10H12F2N2/c1-14-5-8-7(10(14)4-13)2-6(11)3-9(8)12/h2-3,10H,4-5,13H2,1H3. The van der Waals surface area contributed by atoms with Gasteiger partial charge in [0.1, 0.15) is 11.6 Å². The Morgan fingerprint density at radius 3 is 2.86 bits per heavy atom. The van der Waals surface area contributed by atoms with Crippen LogP contribution in [0.5, 0.6) is 0 Å². The topological polar surface area (TPSA) is 29.3 Å². The van der Waals surface area contributed by atoms with Gasteiger partial charge in [-0.15, -0.1) is 0 Å². The first-order valence-corrected chi connectivity index (χ1v) is 4.51. The molecule has 0 amide bonds. The number of nitrogens with two attached hydrogens (primary N) is 1. The molecule has 0 spiro atoms. The molecule has 1 aromatic carbocycles. The first-order valence-electron chi connectivity index (χ1n) is 4.51. The summed E-state index contributed by atoms with van der Waals surface area (Å²) in [7, 11) is 1.86. The van der Waals surface area contributed by atoms with E-state index in [1.54, 1.807) is 0 Å². The van der Waals surface area contributed by atoms with Crippen LogP contribution >= 0.6 is 0 Å². The fourth-order valence-corrected chi connectivity index (χ4v) is 1.99. The van der Waals surface area contributed by atoms with Crippen molar-refractivity contribution in [3.8, 4) is 0 Å². The van der Waals surface area contributed by atoms with Crippen LogP contribution in [0.4, 0.5) is 8.78 Å². The van der Waals surface area contributed by atoms with Gasteiger partial charge in [0.25, 0.3) is 0 Å². The maximum absolute atomic E-state index is 13.3. The molecule has 0 radical (unpaired) electrons.